The van der Waals surface area contributed by atoms with E-state index in [9.17, 15) is 9.59 Å². The summed E-state index contributed by atoms with van der Waals surface area (Å²) in [7, 11) is 0. The minimum Gasteiger partial charge on any atom is -0.341 e. The lowest BCUT2D eigenvalue weighted by atomic mass is 9.97. The number of amides is 2. The highest BCUT2D eigenvalue weighted by molar-refractivity contribution is 8.00. The Morgan fingerprint density at radius 3 is 2.86 bits per heavy atom. The van der Waals surface area contributed by atoms with Crippen LogP contribution in [-0.4, -0.2) is 41.3 Å². The summed E-state index contributed by atoms with van der Waals surface area (Å²) in [5.74, 6) is 0.433. The number of hydrogen-bond donors (Lipinski definition) is 1. The largest absolute Gasteiger partial charge is 0.341 e. The van der Waals surface area contributed by atoms with E-state index in [1.54, 1.807) is 4.90 Å². The molecule has 1 aliphatic heterocycles. The highest BCUT2D eigenvalue weighted by Crippen LogP contribution is 2.19. The summed E-state index contributed by atoms with van der Waals surface area (Å²) >= 11 is 1.31. The lowest BCUT2D eigenvalue weighted by molar-refractivity contribution is -0.132. The summed E-state index contributed by atoms with van der Waals surface area (Å²) in [6.07, 6.45) is 1.63. The Balaban J connectivity index is 1.86. The first kappa shape index (κ1) is 16.4. The molecule has 0 saturated carbocycles. The fourth-order valence-electron chi connectivity index (χ4n) is 2.46. The zero-order valence-electron chi connectivity index (χ0n) is 12.3. The maximum absolute atomic E-state index is 12.3. The molecule has 1 aromatic carbocycles. The van der Waals surface area contributed by atoms with Gasteiger partial charge in [-0.1, -0.05) is 18.2 Å². The molecule has 0 bridgehead atoms. The van der Waals surface area contributed by atoms with Crippen LogP contribution in [0.3, 0.4) is 0 Å². The molecule has 1 N–H and O–H groups in total. The minimum absolute atomic E-state index is 0.0115. The fourth-order valence-corrected chi connectivity index (χ4v) is 3.01. The SMILES string of the molecule is N#CCSCC(=O)N1CCC[C@H](C(=O)Nc2ccccc2)C1. The fraction of sp³-hybridized carbons (Fsp3) is 0.438. The first-order chi connectivity index (χ1) is 10.7. The third-order valence-corrected chi connectivity index (χ3v) is 4.36. The van der Waals surface area contributed by atoms with E-state index in [0.717, 1.165) is 18.5 Å². The second-order valence-corrected chi connectivity index (χ2v) is 6.17. The van der Waals surface area contributed by atoms with Gasteiger partial charge in [-0.3, -0.25) is 9.59 Å². The predicted octanol–water partition coefficient (Wildman–Crippen LogP) is 2.12. The topological polar surface area (TPSA) is 73.2 Å². The Labute approximate surface area is 134 Å². The van der Waals surface area contributed by atoms with Gasteiger partial charge >= 0.3 is 0 Å². The van der Waals surface area contributed by atoms with E-state index in [-0.39, 0.29) is 17.7 Å². The van der Waals surface area contributed by atoms with Crippen molar-refractivity contribution < 1.29 is 9.59 Å². The first-order valence-corrected chi connectivity index (χ1v) is 8.44. The molecule has 1 aromatic rings. The number of rotatable bonds is 5. The second kappa shape index (κ2) is 8.44. The Bertz CT molecular complexity index is 556. The van der Waals surface area contributed by atoms with Gasteiger partial charge < -0.3 is 10.2 Å². The molecule has 1 fully saturated rings. The lowest BCUT2D eigenvalue weighted by Gasteiger charge is -2.32. The number of nitriles is 1. The normalized spacial score (nSPS) is 17.6. The summed E-state index contributed by atoms with van der Waals surface area (Å²) in [5, 5.41) is 11.4. The molecule has 0 spiro atoms. The van der Waals surface area contributed by atoms with Crippen LogP contribution in [0.1, 0.15) is 12.8 Å². The van der Waals surface area contributed by atoms with E-state index in [4.69, 9.17) is 5.26 Å². The van der Waals surface area contributed by atoms with Gasteiger partial charge in [0.15, 0.2) is 0 Å². The van der Waals surface area contributed by atoms with Gasteiger partial charge in [0.25, 0.3) is 0 Å². The monoisotopic (exact) mass is 317 g/mol. The Hall–Kier alpha value is -2.00. The van der Waals surface area contributed by atoms with Gasteiger partial charge in [0, 0.05) is 18.8 Å². The van der Waals surface area contributed by atoms with Crippen molar-refractivity contribution in [2.24, 2.45) is 5.92 Å². The van der Waals surface area contributed by atoms with Crippen LogP contribution in [0.15, 0.2) is 30.3 Å². The molecule has 1 aliphatic rings. The molecular formula is C16H19N3O2S. The average Bonchev–Trinajstić information content (AvgIpc) is 2.56. The number of anilines is 1. The van der Waals surface area contributed by atoms with Crippen LogP contribution < -0.4 is 5.32 Å². The van der Waals surface area contributed by atoms with Crippen LogP contribution in [0.5, 0.6) is 0 Å². The van der Waals surface area contributed by atoms with Crippen LogP contribution in [0.2, 0.25) is 0 Å². The Morgan fingerprint density at radius 2 is 2.14 bits per heavy atom. The number of nitrogens with one attached hydrogen (secondary N) is 1. The summed E-state index contributed by atoms with van der Waals surface area (Å²) in [4.78, 5) is 26.1. The number of likely N-dealkylation sites (tertiary alicyclic amines) is 1. The van der Waals surface area contributed by atoms with Crippen LogP contribution in [0, 0.1) is 17.2 Å². The third kappa shape index (κ3) is 4.78. The van der Waals surface area contributed by atoms with E-state index in [1.807, 2.05) is 36.4 Å². The molecule has 5 nitrogen and oxygen atoms in total. The molecular weight excluding hydrogens is 298 g/mol. The van der Waals surface area contributed by atoms with Gasteiger partial charge in [0.1, 0.15) is 0 Å². The number of para-hydroxylation sites is 1. The average molecular weight is 317 g/mol. The van der Waals surface area contributed by atoms with Gasteiger partial charge in [0.05, 0.1) is 23.5 Å². The van der Waals surface area contributed by atoms with E-state index >= 15 is 0 Å². The van der Waals surface area contributed by atoms with E-state index in [2.05, 4.69) is 5.32 Å². The van der Waals surface area contributed by atoms with Crippen molar-refractivity contribution in [1.29, 1.82) is 5.26 Å². The van der Waals surface area contributed by atoms with Gasteiger partial charge in [0.2, 0.25) is 11.8 Å². The summed E-state index contributed by atoms with van der Waals surface area (Å²) in [6, 6.07) is 11.4. The maximum atomic E-state index is 12.3. The van der Waals surface area contributed by atoms with Crippen LogP contribution >= 0.6 is 11.8 Å². The minimum atomic E-state index is -0.168. The zero-order valence-corrected chi connectivity index (χ0v) is 13.1. The van der Waals surface area contributed by atoms with Crippen molar-refractivity contribution in [3.05, 3.63) is 30.3 Å². The van der Waals surface area contributed by atoms with Crippen LogP contribution in [0.4, 0.5) is 5.69 Å². The molecule has 2 amide bonds. The summed E-state index contributed by atoms with van der Waals surface area (Å²) in [6.45, 7) is 1.16. The number of nitrogens with zero attached hydrogens (tertiary/aromatic N) is 2. The highest BCUT2D eigenvalue weighted by Gasteiger charge is 2.28. The van der Waals surface area contributed by atoms with Crippen molar-refractivity contribution >= 4 is 29.3 Å². The molecule has 0 unspecified atom stereocenters. The molecule has 22 heavy (non-hydrogen) atoms. The second-order valence-electron chi connectivity index (χ2n) is 5.19. The van der Waals surface area contributed by atoms with Gasteiger partial charge in [-0.05, 0) is 25.0 Å². The third-order valence-electron chi connectivity index (χ3n) is 3.58. The molecule has 0 aromatic heterocycles. The zero-order chi connectivity index (χ0) is 15.8. The molecule has 2 rings (SSSR count). The first-order valence-electron chi connectivity index (χ1n) is 7.29. The molecule has 1 atom stereocenters. The quantitative estimate of drug-likeness (QED) is 0.844. The lowest BCUT2D eigenvalue weighted by Crippen LogP contribution is -2.44. The van der Waals surface area contributed by atoms with Crippen molar-refractivity contribution in [2.45, 2.75) is 12.8 Å². The number of hydrogen-bond acceptors (Lipinski definition) is 4. The number of benzene rings is 1. The Morgan fingerprint density at radius 1 is 1.36 bits per heavy atom. The molecule has 1 saturated heterocycles. The summed E-state index contributed by atoms with van der Waals surface area (Å²) < 4.78 is 0. The van der Waals surface area contributed by atoms with Crippen molar-refractivity contribution in [3.8, 4) is 6.07 Å². The highest BCUT2D eigenvalue weighted by atomic mass is 32.2. The smallest absolute Gasteiger partial charge is 0.232 e. The summed E-state index contributed by atoms with van der Waals surface area (Å²) in [5.41, 5.74) is 0.778. The van der Waals surface area contributed by atoms with Gasteiger partial charge in [-0.25, -0.2) is 0 Å². The van der Waals surface area contributed by atoms with Gasteiger partial charge in [-0.15, -0.1) is 11.8 Å². The van der Waals surface area contributed by atoms with E-state index < -0.39 is 0 Å². The molecule has 1 heterocycles. The molecule has 0 radical (unpaired) electrons. The molecule has 0 aliphatic carbocycles. The van der Waals surface area contributed by atoms with E-state index in [0.29, 0.717) is 24.6 Å². The standard InChI is InChI=1S/C16H19N3O2S/c17-8-10-22-12-15(20)19-9-4-5-13(11-19)16(21)18-14-6-2-1-3-7-14/h1-3,6-7,13H,4-5,9-12H2,(H,18,21)/t13-/m0/s1. The maximum Gasteiger partial charge on any atom is 0.232 e. The predicted molar refractivity (Wildman–Crippen MR) is 87.3 cm³/mol. The van der Waals surface area contributed by atoms with Gasteiger partial charge in [-0.2, -0.15) is 5.26 Å². The number of carbonyl (C=O) groups is 2. The Kier molecular flexibility index (Phi) is 6.28. The van der Waals surface area contributed by atoms with Crippen LogP contribution in [0.25, 0.3) is 0 Å². The van der Waals surface area contributed by atoms with Crippen LogP contribution in [-0.2, 0) is 9.59 Å². The van der Waals surface area contributed by atoms with E-state index in [1.165, 1.54) is 11.8 Å². The van der Waals surface area contributed by atoms with Crippen molar-refractivity contribution in [3.63, 3.8) is 0 Å². The number of carbonyl (C=O) groups excluding carboxylic acids is 2. The number of thioether (sulfide) groups is 1. The molecule has 116 valence electrons. The molecule has 6 heteroatoms. The van der Waals surface area contributed by atoms with Crippen molar-refractivity contribution in [1.82, 2.24) is 4.90 Å². The number of piperidine rings is 1. The van der Waals surface area contributed by atoms with Crippen molar-refractivity contribution in [2.75, 3.05) is 29.9 Å².